The van der Waals surface area contributed by atoms with Crippen molar-refractivity contribution in [3.05, 3.63) is 34.3 Å². The largest absolute Gasteiger partial charge is 0.355 e. The van der Waals surface area contributed by atoms with Gasteiger partial charge in [-0.25, -0.2) is 13.1 Å². The van der Waals surface area contributed by atoms with E-state index >= 15 is 0 Å². The van der Waals surface area contributed by atoms with Crippen molar-refractivity contribution in [2.24, 2.45) is 5.92 Å². The number of hydrogen-bond donors (Lipinski definition) is 2. The van der Waals surface area contributed by atoms with Gasteiger partial charge in [-0.1, -0.05) is 37.6 Å². The molecule has 0 spiro atoms. The molecular weight excluding hydrogens is 312 g/mol. The van der Waals surface area contributed by atoms with Crippen molar-refractivity contribution in [1.29, 1.82) is 0 Å². The number of sulfonamides is 1. The van der Waals surface area contributed by atoms with Gasteiger partial charge in [0.25, 0.3) is 0 Å². The monoisotopic (exact) mass is 332 g/mol. The summed E-state index contributed by atoms with van der Waals surface area (Å²) in [5, 5.41) is 3.18. The van der Waals surface area contributed by atoms with Gasteiger partial charge in [-0.15, -0.1) is 0 Å². The Hall–Kier alpha value is -1.11. The Bertz CT molecular complexity index is 600. The van der Waals surface area contributed by atoms with Crippen LogP contribution in [-0.2, 0) is 20.6 Å². The first-order valence-corrected chi connectivity index (χ1v) is 8.72. The Kier molecular flexibility index (Phi) is 6.64. The molecule has 1 amide bonds. The van der Waals surface area contributed by atoms with E-state index in [0.29, 0.717) is 23.0 Å². The Morgan fingerprint density at radius 1 is 1.33 bits per heavy atom. The summed E-state index contributed by atoms with van der Waals surface area (Å²) in [6, 6.07) is 5.12. The van der Waals surface area contributed by atoms with Gasteiger partial charge in [0.05, 0.1) is 12.3 Å². The van der Waals surface area contributed by atoms with E-state index in [4.69, 9.17) is 11.6 Å². The minimum Gasteiger partial charge on any atom is -0.355 e. The molecule has 2 N–H and O–H groups in total. The van der Waals surface area contributed by atoms with Gasteiger partial charge in [0, 0.05) is 11.6 Å². The van der Waals surface area contributed by atoms with Crippen LogP contribution in [0.2, 0.25) is 5.02 Å². The van der Waals surface area contributed by atoms with E-state index in [1.165, 1.54) is 0 Å². The predicted octanol–water partition coefficient (Wildman–Crippen LogP) is 1.84. The molecule has 0 aliphatic heterocycles. The van der Waals surface area contributed by atoms with Crippen LogP contribution in [0.5, 0.6) is 0 Å². The van der Waals surface area contributed by atoms with Gasteiger partial charge in [-0.3, -0.25) is 4.79 Å². The third-order valence-electron chi connectivity index (χ3n) is 2.89. The minimum atomic E-state index is -3.58. The first-order chi connectivity index (χ1) is 9.71. The molecule has 0 heterocycles. The Labute approximate surface area is 131 Å². The van der Waals surface area contributed by atoms with Crippen LogP contribution in [0.25, 0.3) is 0 Å². The Morgan fingerprint density at radius 3 is 2.62 bits per heavy atom. The van der Waals surface area contributed by atoms with Gasteiger partial charge in [-0.05, 0) is 30.0 Å². The highest BCUT2D eigenvalue weighted by Gasteiger charge is 2.15. The molecule has 118 valence electrons. The van der Waals surface area contributed by atoms with Gasteiger partial charge in [-0.2, -0.15) is 0 Å². The van der Waals surface area contributed by atoms with E-state index in [0.717, 1.165) is 5.56 Å². The standard InChI is InChI=1S/C14H21ClN2O3S/c1-10(2)7-16-14(18)8-17-21(19,20)9-12-5-4-6-13(15)11(12)3/h4-6,10,17H,7-9H2,1-3H3,(H,16,18). The Morgan fingerprint density at radius 2 is 2.00 bits per heavy atom. The molecule has 1 aromatic rings. The molecule has 0 fully saturated rings. The van der Waals surface area contributed by atoms with Crippen LogP contribution in [0.15, 0.2) is 18.2 Å². The lowest BCUT2D eigenvalue weighted by atomic mass is 10.1. The van der Waals surface area contributed by atoms with Crippen molar-refractivity contribution in [2.45, 2.75) is 26.5 Å². The second-order valence-corrected chi connectivity index (χ2v) is 7.52. The fourth-order valence-electron chi connectivity index (χ4n) is 1.62. The zero-order valence-corrected chi connectivity index (χ0v) is 14.0. The van der Waals surface area contributed by atoms with Crippen LogP contribution in [0.4, 0.5) is 0 Å². The van der Waals surface area contributed by atoms with Gasteiger partial charge in [0.1, 0.15) is 0 Å². The van der Waals surface area contributed by atoms with E-state index in [2.05, 4.69) is 10.0 Å². The van der Waals surface area contributed by atoms with Crippen molar-refractivity contribution in [1.82, 2.24) is 10.0 Å². The molecule has 0 aromatic heterocycles. The molecule has 1 aromatic carbocycles. The lowest BCUT2D eigenvalue weighted by Gasteiger charge is -2.11. The van der Waals surface area contributed by atoms with E-state index in [-0.39, 0.29) is 18.2 Å². The zero-order chi connectivity index (χ0) is 16.0. The average molecular weight is 333 g/mol. The predicted molar refractivity (Wildman–Crippen MR) is 84.7 cm³/mol. The third kappa shape index (κ3) is 6.46. The molecule has 7 heteroatoms. The van der Waals surface area contributed by atoms with Gasteiger partial charge in [0.2, 0.25) is 15.9 Å². The van der Waals surface area contributed by atoms with Crippen LogP contribution in [-0.4, -0.2) is 27.4 Å². The first kappa shape index (κ1) is 17.9. The van der Waals surface area contributed by atoms with E-state index in [9.17, 15) is 13.2 Å². The number of benzene rings is 1. The second-order valence-electron chi connectivity index (χ2n) is 5.30. The molecule has 0 unspecified atom stereocenters. The van der Waals surface area contributed by atoms with Crippen LogP contribution in [0.1, 0.15) is 25.0 Å². The summed E-state index contributed by atoms with van der Waals surface area (Å²) in [5.74, 6) is -0.216. The summed E-state index contributed by atoms with van der Waals surface area (Å²) in [4.78, 5) is 11.5. The van der Waals surface area contributed by atoms with Crippen molar-refractivity contribution >= 4 is 27.5 Å². The molecule has 0 atom stereocenters. The zero-order valence-electron chi connectivity index (χ0n) is 12.4. The van der Waals surface area contributed by atoms with Crippen molar-refractivity contribution in [3.8, 4) is 0 Å². The minimum absolute atomic E-state index is 0.198. The lowest BCUT2D eigenvalue weighted by Crippen LogP contribution is -2.38. The van der Waals surface area contributed by atoms with Crippen LogP contribution in [0, 0.1) is 12.8 Å². The summed E-state index contributed by atoms with van der Waals surface area (Å²) in [5.41, 5.74) is 1.35. The molecule has 1 rings (SSSR count). The summed E-state index contributed by atoms with van der Waals surface area (Å²) in [6.45, 7) is 5.96. The fraction of sp³-hybridized carbons (Fsp3) is 0.500. The maximum atomic E-state index is 12.0. The highest BCUT2D eigenvalue weighted by Crippen LogP contribution is 2.20. The van der Waals surface area contributed by atoms with E-state index in [1.807, 2.05) is 13.8 Å². The van der Waals surface area contributed by atoms with Crippen LogP contribution >= 0.6 is 11.6 Å². The molecule has 0 aliphatic carbocycles. The molecule has 0 bridgehead atoms. The number of amides is 1. The number of carbonyl (C=O) groups is 1. The third-order valence-corrected chi connectivity index (χ3v) is 4.57. The fourth-order valence-corrected chi connectivity index (χ4v) is 2.99. The number of nitrogens with one attached hydrogen (secondary N) is 2. The summed E-state index contributed by atoms with van der Waals surface area (Å²) < 4.78 is 26.2. The molecule has 21 heavy (non-hydrogen) atoms. The summed E-state index contributed by atoms with van der Waals surface area (Å²) >= 11 is 5.96. The smallest absolute Gasteiger partial charge is 0.235 e. The molecule has 0 saturated heterocycles. The van der Waals surface area contributed by atoms with Gasteiger partial charge >= 0.3 is 0 Å². The molecule has 0 saturated carbocycles. The average Bonchev–Trinajstić information content (AvgIpc) is 2.39. The lowest BCUT2D eigenvalue weighted by molar-refractivity contribution is -0.120. The van der Waals surface area contributed by atoms with Crippen molar-refractivity contribution in [3.63, 3.8) is 0 Å². The summed E-state index contributed by atoms with van der Waals surface area (Å²) in [6.07, 6.45) is 0. The number of hydrogen-bond acceptors (Lipinski definition) is 3. The number of carbonyl (C=O) groups excluding carboxylic acids is 1. The SMILES string of the molecule is Cc1c(Cl)cccc1CS(=O)(=O)NCC(=O)NCC(C)C. The van der Waals surface area contributed by atoms with Gasteiger partial charge < -0.3 is 5.32 Å². The maximum Gasteiger partial charge on any atom is 0.235 e. The second kappa shape index (κ2) is 7.77. The number of halogens is 1. The molecule has 5 nitrogen and oxygen atoms in total. The summed E-state index contributed by atoms with van der Waals surface area (Å²) in [7, 11) is -3.58. The highest BCUT2D eigenvalue weighted by molar-refractivity contribution is 7.88. The van der Waals surface area contributed by atoms with E-state index < -0.39 is 10.0 Å². The normalized spacial score (nSPS) is 11.7. The van der Waals surface area contributed by atoms with Crippen LogP contribution < -0.4 is 10.0 Å². The first-order valence-electron chi connectivity index (χ1n) is 6.69. The van der Waals surface area contributed by atoms with E-state index in [1.54, 1.807) is 25.1 Å². The van der Waals surface area contributed by atoms with Gasteiger partial charge in [0.15, 0.2) is 0 Å². The van der Waals surface area contributed by atoms with Crippen LogP contribution in [0.3, 0.4) is 0 Å². The quantitative estimate of drug-likeness (QED) is 0.800. The Balaban J connectivity index is 2.58. The molecule has 0 radical (unpaired) electrons. The maximum absolute atomic E-state index is 12.0. The van der Waals surface area contributed by atoms with Crippen molar-refractivity contribution in [2.75, 3.05) is 13.1 Å². The van der Waals surface area contributed by atoms with Crippen molar-refractivity contribution < 1.29 is 13.2 Å². The topological polar surface area (TPSA) is 75.3 Å². The molecular formula is C14H21ClN2O3S. The highest BCUT2D eigenvalue weighted by atomic mass is 35.5. The number of rotatable bonds is 7. The molecule has 0 aliphatic rings.